The Bertz CT molecular complexity index is 634. The molecular formula is C21H30N2O2S. The van der Waals surface area contributed by atoms with Crippen LogP contribution in [0.2, 0.25) is 0 Å². The Morgan fingerprint density at radius 3 is 2.92 bits per heavy atom. The number of hydrogen-bond acceptors (Lipinski definition) is 3. The highest BCUT2D eigenvalue weighted by atomic mass is 32.2. The first-order chi connectivity index (χ1) is 12.7. The fourth-order valence-corrected chi connectivity index (χ4v) is 5.10. The molecule has 2 atom stereocenters. The summed E-state index contributed by atoms with van der Waals surface area (Å²) < 4.78 is 0. The average Bonchev–Trinajstić information content (AvgIpc) is 3.10. The Balaban J connectivity index is 1.48. The fraction of sp³-hybridized carbons (Fsp3) is 0.619. The van der Waals surface area contributed by atoms with E-state index < -0.39 is 0 Å². The maximum absolute atomic E-state index is 12.6. The number of unbranched alkanes of at least 4 members (excludes halogenated alkanes) is 1. The number of anilines is 1. The van der Waals surface area contributed by atoms with E-state index in [0.29, 0.717) is 18.4 Å². The Labute approximate surface area is 161 Å². The van der Waals surface area contributed by atoms with Crippen LogP contribution in [0.25, 0.3) is 0 Å². The van der Waals surface area contributed by atoms with Gasteiger partial charge in [-0.05, 0) is 37.3 Å². The third-order valence-corrected chi connectivity index (χ3v) is 6.57. The largest absolute Gasteiger partial charge is 0.353 e. The van der Waals surface area contributed by atoms with Crippen molar-refractivity contribution in [1.29, 1.82) is 0 Å². The molecular weight excluding hydrogens is 344 g/mol. The van der Waals surface area contributed by atoms with Gasteiger partial charge in [0.1, 0.15) is 0 Å². The maximum Gasteiger partial charge on any atom is 0.227 e. The second-order valence-corrected chi connectivity index (χ2v) is 8.51. The van der Waals surface area contributed by atoms with Crippen LogP contribution in [0, 0.1) is 5.92 Å². The lowest BCUT2D eigenvalue weighted by atomic mass is 9.96. The fourth-order valence-electron chi connectivity index (χ4n) is 4.10. The van der Waals surface area contributed by atoms with E-state index in [4.69, 9.17) is 0 Å². The second-order valence-electron chi connectivity index (χ2n) is 7.37. The number of fused-ring (bicyclic) bond motifs is 1. The van der Waals surface area contributed by atoms with Crippen molar-refractivity contribution in [2.45, 2.75) is 69.2 Å². The van der Waals surface area contributed by atoms with Crippen LogP contribution in [0.5, 0.6) is 0 Å². The Kier molecular flexibility index (Phi) is 7.00. The average molecular weight is 375 g/mol. The highest BCUT2D eigenvalue weighted by molar-refractivity contribution is 7.99. The molecule has 0 saturated heterocycles. The van der Waals surface area contributed by atoms with Crippen molar-refractivity contribution >= 4 is 29.3 Å². The minimum atomic E-state index is 0.0337. The van der Waals surface area contributed by atoms with E-state index in [2.05, 4.69) is 18.3 Å². The summed E-state index contributed by atoms with van der Waals surface area (Å²) in [6.45, 7) is 2.94. The number of thioether (sulfide) groups is 1. The van der Waals surface area contributed by atoms with E-state index >= 15 is 0 Å². The van der Waals surface area contributed by atoms with Crippen molar-refractivity contribution < 1.29 is 9.59 Å². The lowest BCUT2D eigenvalue weighted by Crippen LogP contribution is -2.39. The van der Waals surface area contributed by atoms with Gasteiger partial charge in [-0.1, -0.05) is 38.3 Å². The first-order valence-electron chi connectivity index (χ1n) is 10.0. The van der Waals surface area contributed by atoms with Gasteiger partial charge in [-0.3, -0.25) is 9.59 Å². The Hall–Kier alpha value is -1.49. The summed E-state index contributed by atoms with van der Waals surface area (Å²) in [6, 6.07) is 8.34. The summed E-state index contributed by atoms with van der Waals surface area (Å²) in [4.78, 5) is 28.0. The van der Waals surface area contributed by atoms with Crippen molar-refractivity contribution in [3.05, 3.63) is 24.3 Å². The van der Waals surface area contributed by atoms with Gasteiger partial charge in [-0.2, -0.15) is 0 Å². The van der Waals surface area contributed by atoms with Gasteiger partial charge in [0.05, 0.1) is 5.69 Å². The van der Waals surface area contributed by atoms with Crippen molar-refractivity contribution in [1.82, 2.24) is 5.32 Å². The zero-order valence-electron chi connectivity index (χ0n) is 15.7. The second kappa shape index (κ2) is 9.45. The first-order valence-corrected chi connectivity index (χ1v) is 11.0. The number of carbonyl (C=O) groups excluding carboxylic acids is 2. The van der Waals surface area contributed by atoms with Gasteiger partial charge in [0.2, 0.25) is 11.8 Å². The van der Waals surface area contributed by atoms with E-state index in [1.54, 1.807) is 11.8 Å². The van der Waals surface area contributed by atoms with Gasteiger partial charge >= 0.3 is 0 Å². The van der Waals surface area contributed by atoms with E-state index in [1.807, 2.05) is 23.1 Å². The van der Waals surface area contributed by atoms with E-state index in [0.717, 1.165) is 29.3 Å². The molecule has 0 radical (unpaired) electrons. The number of nitrogens with one attached hydrogen (secondary N) is 1. The summed E-state index contributed by atoms with van der Waals surface area (Å²) in [5.74, 6) is 1.63. The molecule has 2 amide bonds. The number of nitrogens with zero attached hydrogens (tertiary/aromatic N) is 1. The molecule has 1 aromatic rings. The van der Waals surface area contributed by atoms with Crippen LogP contribution in [0.15, 0.2) is 29.2 Å². The molecule has 2 aliphatic rings. The van der Waals surface area contributed by atoms with Crippen molar-refractivity contribution in [3.63, 3.8) is 0 Å². The summed E-state index contributed by atoms with van der Waals surface area (Å²) >= 11 is 1.79. The van der Waals surface area contributed by atoms with Gasteiger partial charge in [-0.25, -0.2) is 0 Å². The van der Waals surface area contributed by atoms with Crippen molar-refractivity contribution in [2.75, 3.05) is 17.2 Å². The SMILES string of the molecule is CCCCC1CCCC1NC(=O)CCC(=O)N1CCSc2ccccc21. The highest BCUT2D eigenvalue weighted by Crippen LogP contribution is 2.34. The normalized spacial score (nSPS) is 22.1. The first kappa shape index (κ1) is 19.3. The number of benzene rings is 1. The molecule has 0 aromatic heterocycles. The van der Waals surface area contributed by atoms with Crippen molar-refractivity contribution in [3.8, 4) is 0 Å². The lowest BCUT2D eigenvalue weighted by Gasteiger charge is -2.29. The van der Waals surface area contributed by atoms with E-state index in [1.165, 1.54) is 32.1 Å². The molecule has 1 aromatic carbocycles. The van der Waals surface area contributed by atoms with Crippen LogP contribution in [-0.4, -0.2) is 30.2 Å². The number of carbonyl (C=O) groups is 2. The molecule has 26 heavy (non-hydrogen) atoms. The third-order valence-electron chi connectivity index (χ3n) is 5.53. The van der Waals surface area contributed by atoms with E-state index in [-0.39, 0.29) is 18.2 Å². The van der Waals surface area contributed by atoms with Gasteiger partial charge in [0.15, 0.2) is 0 Å². The Morgan fingerprint density at radius 1 is 1.23 bits per heavy atom. The van der Waals surface area contributed by atoms with Crippen molar-refractivity contribution in [2.24, 2.45) is 5.92 Å². The molecule has 1 N–H and O–H groups in total. The zero-order valence-corrected chi connectivity index (χ0v) is 16.5. The van der Waals surface area contributed by atoms with Crippen LogP contribution in [0.4, 0.5) is 5.69 Å². The molecule has 1 aliphatic carbocycles. The molecule has 3 rings (SSSR count). The van der Waals surface area contributed by atoms with Crippen LogP contribution >= 0.6 is 11.8 Å². The summed E-state index contributed by atoms with van der Waals surface area (Å²) in [6.07, 6.45) is 7.77. The smallest absolute Gasteiger partial charge is 0.227 e. The lowest BCUT2D eigenvalue weighted by molar-refractivity contribution is -0.125. The molecule has 4 nitrogen and oxygen atoms in total. The predicted octanol–water partition coefficient (Wildman–Crippen LogP) is 4.38. The minimum Gasteiger partial charge on any atom is -0.353 e. The number of para-hydroxylation sites is 1. The highest BCUT2D eigenvalue weighted by Gasteiger charge is 2.28. The summed E-state index contributed by atoms with van der Waals surface area (Å²) in [7, 11) is 0. The van der Waals surface area contributed by atoms with Crippen LogP contribution in [0.3, 0.4) is 0 Å². The number of hydrogen-bond donors (Lipinski definition) is 1. The molecule has 0 bridgehead atoms. The number of rotatable bonds is 7. The quantitative estimate of drug-likeness (QED) is 0.770. The molecule has 2 unspecified atom stereocenters. The summed E-state index contributed by atoms with van der Waals surface area (Å²) in [5.41, 5.74) is 0.990. The molecule has 1 fully saturated rings. The van der Waals surface area contributed by atoms with Crippen LogP contribution in [0.1, 0.15) is 58.3 Å². The maximum atomic E-state index is 12.6. The molecule has 1 heterocycles. The number of amides is 2. The minimum absolute atomic E-state index is 0.0337. The topological polar surface area (TPSA) is 49.4 Å². The predicted molar refractivity (Wildman–Crippen MR) is 108 cm³/mol. The van der Waals surface area contributed by atoms with Gasteiger partial charge in [0.25, 0.3) is 0 Å². The molecule has 1 aliphatic heterocycles. The molecule has 5 heteroatoms. The molecule has 142 valence electrons. The monoisotopic (exact) mass is 374 g/mol. The van der Waals surface area contributed by atoms with Crippen LogP contribution < -0.4 is 10.2 Å². The standard InChI is InChI=1S/C21H30N2O2S/c1-2-3-7-16-8-6-9-17(16)22-20(24)12-13-21(25)23-14-15-26-19-11-5-4-10-18(19)23/h4-5,10-11,16-17H,2-3,6-9,12-15H2,1H3,(H,22,24). The van der Waals surface area contributed by atoms with Gasteiger partial charge in [0, 0.05) is 36.1 Å². The molecule has 0 spiro atoms. The van der Waals surface area contributed by atoms with Gasteiger partial charge in [-0.15, -0.1) is 11.8 Å². The van der Waals surface area contributed by atoms with Crippen LogP contribution in [-0.2, 0) is 9.59 Å². The Morgan fingerprint density at radius 2 is 2.08 bits per heavy atom. The van der Waals surface area contributed by atoms with Gasteiger partial charge < -0.3 is 10.2 Å². The summed E-state index contributed by atoms with van der Waals surface area (Å²) in [5, 5.41) is 3.20. The molecule has 1 saturated carbocycles. The zero-order chi connectivity index (χ0) is 18.4. The van der Waals surface area contributed by atoms with E-state index in [9.17, 15) is 9.59 Å². The third kappa shape index (κ3) is 4.81.